The van der Waals surface area contributed by atoms with Crippen LogP contribution in [0.1, 0.15) is 41.8 Å². The maximum absolute atomic E-state index is 12.9. The molecule has 0 saturated carbocycles. The molecule has 34 heavy (non-hydrogen) atoms. The van der Waals surface area contributed by atoms with Gasteiger partial charge in [0.1, 0.15) is 18.0 Å². The number of aryl methyl sites for hydroxylation is 4. The Balaban J connectivity index is 1.24. The molecule has 0 atom stereocenters. The molecule has 0 radical (unpaired) electrons. The van der Waals surface area contributed by atoms with Crippen molar-refractivity contribution in [3.8, 4) is 0 Å². The second-order valence-corrected chi connectivity index (χ2v) is 11.0. The van der Waals surface area contributed by atoms with Gasteiger partial charge in [0.25, 0.3) is 10.0 Å². The Hall–Kier alpha value is -2.98. The third-order valence-corrected chi connectivity index (χ3v) is 8.66. The molecule has 3 aromatic rings. The van der Waals surface area contributed by atoms with Crippen molar-refractivity contribution in [1.29, 1.82) is 0 Å². The smallest absolute Gasteiger partial charge is 0.336 e. The molecule has 2 aromatic heterocycles. The molecule has 5 rings (SSSR count). The molecule has 0 N–H and O–H groups in total. The summed E-state index contributed by atoms with van der Waals surface area (Å²) >= 11 is 0. The minimum absolute atomic E-state index is 0.0224. The Morgan fingerprint density at radius 1 is 1.18 bits per heavy atom. The molecule has 0 unspecified atom stereocenters. The highest BCUT2D eigenvalue weighted by Crippen LogP contribution is 2.29. The molecule has 0 spiro atoms. The van der Waals surface area contributed by atoms with Crippen molar-refractivity contribution in [2.75, 3.05) is 13.1 Å². The molecule has 2 aliphatic rings. The number of ether oxygens (including phenoxy) is 1. The van der Waals surface area contributed by atoms with E-state index in [0.717, 1.165) is 24.6 Å². The summed E-state index contributed by atoms with van der Waals surface area (Å²) in [5, 5.41) is 0.814. The second kappa shape index (κ2) is 8.66. The number of hydrogen-bond donors (Lipinski definition) is 0. The maximum Gasteiger partial charge on any atom is 0.336 e. The van der Waals surface area contributed by atoms with Gasteiger partial charge < -0.3 is 13.7 Å². The van der Waals surface area contributed by atoms with Gasteiger partial charge in [-0.2, -0.15) is 4.31 Å². The maximum atomic E-state index is 12.9. The highest BCUT2D eigenvalue weighted by Gasteiger charge is 2.34. The normalized spacial score (nSPS) is 17.2. The van der Waals surface area contributed by atoms with E-state index in [9.17, 15) is 18.0 Å². The number of nitrogens with zero attached hydrogens (tertiary/aromatic N) is 3. The Bertz CT molecular complexity index is 1410. The Morgan fingerprint density at radius 3 is 2.56 bits per heavy atom. The lowest BCUT2D eigenvalue weighted by molar-refractivity contribution is -0.151. The van der Waals surface area contributed by atoms with E-state index in [1.165, 1.54) is 27.7 Å². The van der Waals surface area contributed by atoms with Gasteiger partial charge in [0.2, 0.25) is 0 Å². The van der Waals surface area contributed by atoms with Gasteiger partial charge in [-0.1, -0.05) is 0 Å². The number of rotatable bonds is 5. The molecule has 180 valence electrons. The summed E-state index contributed by atoms with van der Waals surface area (Å²) in [5.41, 5.74) is 3.11. The summed E-state index contributed by atoms with van der Waals surface area (Å²) in [6, 6.07) is 5.33. The molecule has 1 saturated heterocycles. The third kappa shape index (κ3) is 4.16. The summed E-state index contributed by atoms with van der Waals surface area (Å²) in [7, 11) is -1.95. The van der Waals surface area contributed by atoms with Gasteiger partial charge >= 0.3 is 11.6 Å². The van der Waals surface area contributed by atoms with Crippen molar-refractivity contribution in [2.45, 2.75) is 50.7 Å². The summed E-state index contributed by atoms with van der Waals surface area (Å²) in [5.74, 6) is -0.162. The summed E-state index contributed by atoms with van der Waals surface area (Å²) in [6.07, 6.45) is 5.28. The van der Waals surface area contributed by atoms with Crippen LogP contribution in [0.25, 0.3) is 11.0 Å². The number of benzene rings is 1. The highest BCUT2D eigenvalue weighted by molar-refractivity contribution is 7.89. The molecular weight excluding hydrogens is 458 g/mol. The number of sulfonamides is 1. The first kappa shape index (κ1) is 22.8. The number of carbonyl (C=O) groups is 1. The zero-order valence-electron chi connectivity index (χ0n) is 19.2. The first-order valence-electron chi connectivity index (χ1n) is 11.5. The molecule has 1 fully saturated rings. The summed E-state index contributed by atoms with van der Waals surface area (Å²) < 4.78 is 39.7. The number of hydrogen-bond acceptors (Lipinski definition) is 7. The van der Waals surface area contributed by atoms with Crippen LogP contribution >= 0.6 is 0 Å². The Morgan fingerprint density at radius 2 is 1.88 bits per heavy atom. The van der Waals surface area contributed by atoms with Crippen molar-refractivity contribution < 1.29 is 22.4 Å². The van der Waals surface area contributed by atoms with Crippen molar-refractivity contribution in [1.82, 2.24) is 13.9 Å². The molecule has 0 bridgehead atoms. The van der Waals surface area contributed by atoms with Gasteiger partial charge in [-0.25, -0.2) is 18.2 Å². The minimum atomic E-state index is -3.70. The first-order chi connectivity index (χ1) is 16.2. The zero-order chi connectivity index (χ0) is 24.0. The van der Waals surface area contributed by atoms with Crippen LogP contribution in [0, 0.1) is 12.8 Å². The van der Waals surface area contributed by atoms with Crippen LogP contribution in [0.5, 0.6) is 0 Å². The number of carbonyl (C=O) groups excluding carboxylic acids is 1. The van der Waals surface area contributed by atoms with Crippen LogP contribution in [0.2, 0.25) is 0 Å². The Kier molecular flexibility index (Phi) is 5.81. The highest BCUT2D eigenvalue weighted by atomic mass is 32.2. The van der Waals surface area contributed by atoms with Crippen molar-refractivity contribution in [2.24, 2.45) is 13.0 Å². The molecule has 10 heteroatoms. The van der Waals surface area contributed by atoms with Gasteiger partial charge in [0, 0.05) is 43.4 Å². The quantitative estimate of drug-likeness (QED) is 0.403. The molecule has 0 amide bonds. The number of esters is 1. The first-order valence-corrected chi connectivity index (χ1v) is 12.9. The van der Waals surface area contributed by atoms with E-state index in [0.29, 0.717) is 29.8 Å². The Labute approximate surface area is 197 Å². The lowest BCUT2D eigenvalue weighted by Gasteiger charge is -2.29. The van der Waals surface area contributed by atoms with Crippen molar-refractivity contribution in [3.05, 3.63) is 57.3 Å². The van der Waals surface area contributed by atoms with Gasteiger partial charge in [0.15, 0.2) is 5.03 Å². The van der Waals surface area contributed by atoms with E-state index in [2.05, 4.69) is 4.98 Å². The van der Waals surface area contributed by atoms with Crippen molar-refractivity contribution >= 4 is 27.0 Å². The minimum Gasteiger partial charge on any atom is -0.461 e. The average Bonchev–Trinajstić information content (AvgIpc) is 3.41. The topological polar surface area (TPSA) is 112 Å². The average molecular weight is 486 g/mol. The van der Waals surface area contributed by atoms with Crippen molar-refractivity contribution in [3.63, 3.8) is 0 Å². The van der Waals surface area contributed by atoms with E-state index in [4.69, 9.17) is 9.15 Å². The monoisotopic (exact) mass is 485 g/mol. The number of fused-ring (bicyclic) bond motifs is 2. The lowest BCUT2D eigenvalue weighted by atomic mass is 9.98. The van der Waals surface area contributed by atoms with E-state index in [-0.39, 0.29) is 30.7 Å². The van der Waals surface area contributed by atoms with E-state index in [1.807, 2.05) is 12.1 Å². The molecule has 3 heterocycles. The van der Waals surface area contributed by atoms with Crippen LogP contribution in [0.3, 0.4) is 0 Å². The van der Waals surface area contributed by atoms with Crippen LogP contribution in [-0.2, 0) is 46.1 Å². The molecule has 1 aromatic carbocycles. The fourth-order valence-electron chi connectivity index (χ4n) is 4.80. The van der Waals surface area contributed by atoms with E-state index in [1.54, 1.807) is 18.5 Å². The van der Waals surface area contributed by atoms with E-state index < -0.39 is 21.6 Å². The van der Waals surface area contributed by atoms with Crippen LogP contribution in [0.4, 0.5) is 0 Å². The fraction of sp³-hybridized carbons (Fsp3) is 0.458. The number of piperidine rings is 1. The van der Waals surface area contributed by atoms with Gasteiger partial charge in [-0.05, 0) is 62.3 Å². The SMILES string of the molecule is Cc1nc(S(=O)(=O)N2CCC(C(=O)OCc3cc(=O)oc4cc5c(cc34)CCC5)CC2)cn1C. The van der Waals surface area contributed by atoms with Crippen LogP contribution in [0.15, 0.2) is 38.6 Å². The van der Waals surface area contributed by atoms with Gasteiger partial charge in [-0.15, -0.1) is 0 Å². The van der Waals surface area contributed by atoms with Crippen LogP contribution < -0.4 is 5.63 Å². The molecular formula is C24H27N3O6S. The fourth-order valence-corrected chi connectivity index (χ4v) is 6.29. The standard InChI is InChI=1S/C24H27N3O6S/c1-15-25-22(13-26(15)2)34(30,31)27-8-6-16(7-9-27)24(29)32-14-19-12-23(28)33-21-11-18-5-3-4-17(18)10-20(19)21/h10-13,16H,3-9,14H2,1-2H3. The zero-order valence-corrected chi connectivity index (χ0v) is 20.1. The predicted molar refractivity (Wildman–Crippen MR) is 124 cm³/mol. The largest absolute Gasteiger partial charge is 0.461 e. The molecule has 1 aliphatic heterocycles. The third-order valence-electron chi connectivity index (χ3n) is 6.89. The number of aromatic nitrogens is 2. The number of imidazole rings is 1. The van der Waals surface area contributed by atoms with Crippen LogP contribution in [-0.4, -0.2) is 41.3 Å². The molecule has 9 nitrogen and oxygen atoms in total. The molecule has 1 aliphatic carbocycles. The van der Waals surface area contributed by atoms with Gasteiger partial charge in [0.05, 0.1) is 5.92 Å². The van der Waals surface area contributed by atoms with Gasteiger partial charge in [-0.3, -0.25) is 4.79 Å². The lowest BCUT2D eigenvalue weighted by Crippen LogP contribution is -2.40. The predicted octanol–water partition coefficient (Wildman–Crippen LogP) is 2.47. The summed E-state index contributed by atoms with van der Waals surface area (Å²) in [4.78, 5) is 28.9. The summed E-state index contributed by atoms with van der Waals surface area (Å²) in [6.45, 7) is 2.17. The second-order valence-electron chi connectivity index (χ2n) is 9.08. The van der Waals surface area contributed by atoms with E-state index >= 15 is 0 Å².